The first-order valence-electron chi connectivity index (χ1n) is 5.40. The van der Waals surface area contributed by atoms with E-state index in [-0.39, 0.29) is 5.56 Å². The minimum Gasteiger partial charge on any atom is -0.291 e. The number of rotatable bonds is 4. The van der Waals surface area contributed by atoms with Crippen LogP contribution in [0.4, 0.5) is 0 Å². The molecule has 0 aliphatic rings. The highest BCUT2D eigenvalue weighted by molar-refractivity contribution is 5.13. The van der Waals surface area contributed by atoms with E-state index < -0.39 is 0 Å². The van der Waals surface area contributed by atoms with Gasteiger partial charge < -0.3 is 0 Å². The van der Waals surface area contributed by atoms with Crippen LogP contribution in [-0.2, 0) is 6.42 Å². The standard InChI is InChI=1S/C11H14N4O/c1-2-3-5-9-8-10(16)14-11(13-9)15-7-4-6-12-15/h4,6-8H,2-3,5H2,1H3,(H,13,14,16). The molecule has 0 saturated heterocycles. The van der Waals surface area contributed by atoms with Crippen molar-refractivity contribution in [2.45, 2.75) is 26.2 Å². The van der Waals surface area contributed by atoms with Gasteiger partial charge in [0, 0.05) is 24.2 Å². The molecule has 2 rings (SSSR count). The molecule has 0 unspecified atom stereocenters. The Morgan fingerprint density at radius 1 is 1.50 bits per heavy atom. The van der Waals surface area contributed by atoms with Crippen LogP contribution in [0.15, 0.2) is 29.3 Å². The molecule has 0 atom stereocenters. The quantitative estimate of drug-likeness (QED) is 0.841. The zero-order chi connectivity index (χ0) is 11.4. The minimum absolute atomic E-state index is 0.133. The number of aromatic nitrogens is 4. The van der Waals surface area contributed by atoms with Gasteiger partial charge in [0.2, 0.25) is 5.95 Å². The second-order valence-electron chi connectivity index (χ2n) is 3.61. The van der Waals surface area contributed by atoms with E-state index in [1.807, 2.05) is 0 Å². The maximum absolute atomic E-state index is 11.4. The van der Waals surface area contributed by atoms with Gasteiger partial charge in [-0.05, 0) is 18.9 Å². The summed E-state index contributed by atoms with van der Waals surface area (Å²) in [6.07, 6.45) is 6.36. The Morgan fingerprint density at radius 2 is 2.38 bits per heavy atom. The molecule has 0 saturated carbocycles. The molecule has 1 N–H and O–H groups in total. The number of unbranched alkanes of at least 4 members (excludes halogenated alkanes) is 1. The third-order valence-corrected chi connectivity index (χ3v) is 2.29. The lowest BCUT2D eigenvalue weighted by Crippen LogP contribution is -2.14. The predicted molar refractivity (Wildman–Crippen MR) is 60.6 cm³/mol. The lowest BCUT2D eigenvalue weighted by atomic mass is 10.2. The molecule has 5 nitrogen and oxygen atoms in total. The van der Waals surface area contributed by atoms with E-state index >= 15 is 0 Å². The average molecular weight is 218 g/mol. The van der Waals surface area contributed by atoms with Gasteiger partial charge in [-0.2, -0.15) is 5.10 Å². The number of H-pyrrole nitrogens is 1. The van der Waals surface area contributed by atoms with Crippen molar-refractivity contribution in [2.75, 3.05) is 0 Å². The van der Waals surface area contributed by atoms with Crippen LogP contribution in [0.1, 0.15) is 25.5 Å². The Balaban J connectivity index is 2.33. The van der Waals surface area contributed by atoms with E-state index in [0.717, 1.165) is 25.0 Å². The zero-order valence-electron chi connectivity index (χ0n) is 9.18. The number of aryl methyl sites for hydroxylation is 1. The van der Waals surface area contributed by atoms with E-state index in [0.29, 0.717) is 5.95 Å². The molecule has 2 heterocycles. The first-order valence-corrected chi connectivity index (χ1v) is 5.40. The van der Waals surface area contributed by atoms with Crippen molar-refractivity contribution in [3.63, 3.8) is 0 Å². The van der Waals surface area contributed by atoms with Gasteiger partial charge in [-0.15, -0.1) is 0 Å². The monoisotopic (exact) mass is 218 g/mol. The Morgan fingerprint density at radius 3 is 3.06 bits per heavy atom. The van der Waals surface area contributed by atoms with Gasteiger partial charge in [0.25, 0.3) is 5.56 Å². The van der Waals surface area contributed by atoms with E-state index in [1.54, 1.807) is 29.2 Å². The van der Waals surface area contributed by atoms with Gasteiger partial charge in [-0.1, -0.05) is 13.3 Å². The van der Waals surface area contributed by atoms with Crippen LogP contribution in [0, 0.1) is 0 Å². The minimum atomic E-state index is -0.133. The average Bonchev–Trinajstić information content (AvgIpc) is 2.79. The number of aromatic amines is 1. The molecule has 2 aromatic heterocycles. The van der Waals surface area contributed by atoms with Gasteiger partial charge in [0.1, 0.15) is 0 Å². The van der Waals surface area contributed by atoms with Gasteiger partial charge in [-0.3, -0.25) is 9.78 Å². The summed E-state index contributed by atoms with van der Waals surface area (Å²) in [5, 5.41) is 4.03. The van der Waals surface area contributed by atoms with Crippen molar-refractivity contribution in [3.05, 3.63) is 40.6 Å². The summed E-state index contributed by atoms with van der Waals surface area (Å²) in [4.78, 5) is 18.5. The van der Waals surface area contributed by atoms with Crippen LogP contribution in [0.5, 0.6) is 0 Å². The molecule has 0 amide bonds. The normalized spacial score (nSPS) is 10.6. The summed E-state index contributed by atoms with van der Waals surface area (Å²) < 4.78 is 1.55. The lowest BCUT2D eigenvalue weighted by molar-refractivity contribution is 0.742. The fourth-order valence-electron chi connectivity index (χ4n) is 1.48. The molecule has 84 valence electrons. The molecule has 2 aromatic rings. The second kappa shape index (κ2) is 4.74. The van der Waals surface area contributed by atoms with Crippen LogP contribution in [0.25, 0.3) is 5.95 Å². The highest BCUT2D eigenvalue weighted by Crippen LogP contribution is 2.02. The Kier molecular flexibility index (Phi) is 3.14. The highest BCUT2D eigenvalue weighted by atomic mass is 16.1. The van der Waals surface area contributed by atoms with E-state index in [2.05, 4.69) is 22.0 Å². The fraction of sp³-hybridized carbons (Fsp3) is 0.364. The zero-order valence-corrected chi connectivity index (χ0v) is 9.18. The predicted octanol–water partition coefficient (Wildman–Crippen LogP) is 1.30. The van der Waals surface area contributed by atoms with E-state index in [1.165, 1.54) is 0 Å². The van der Waals surface area contributed by atoms with Gasteiger partial charge in [0.15, 0.2) is 0 Å². The Hall–Kier alpha value is -1.91. The summed E-state index contributed by atoms with van der Waals surface area (Å²) >= 11 is 0. The largest absolute Gasteiger partial charge is 0.291 e. The molecule has 0 radical (unpaired) electrons. The number of nitrogens with one attached hydrogen (secondary N) is 1. The molecule has 0 fully saturated rings. The summed E-state index contributed by atoms with van der Waals surface area (Å²) in [6.45, 7) is 2.11. The van der Waals surface area contributed by atoms with Crippen molar-refractivity contribution in [1.29, 1.82) is 0 Å². The van der Waals surface area contributed by atoms with Crippen LogP contribution in [-0.4, -0.2) is 19.7 Å². The highest BCUT2D eigenvalue weighted by Gasteiger charge is 2.02. The van der Waals surface area contributed by atoms with Crippen LogP contribution in [0.3, 0.4) is 0 Å². The smallest absolute Gasteiger partial charge is 0.252 e. The van der Waals surface area contributed by atoms with E-state index in [9.17, 15) is 4.79 Å². The summed E-state index contributed by atoms with van der Waals surface area (Å²) in [6, 6.07) is 3.33. The van der Waals surface area contributed by atoms with Crippen LogP contribution >= 0.6 is 0 Å². The summed E-state index contributed by atoms with van der Waals surface area (Å²) in [5.41, 5.74) is 0.683. The van der Waals surface area contributed by atoms with Crippen molar-refractivity contribution < 1.29 is 0 Å². The maximum atomic E-state index is 11.4. The van der Waals surface area contributed by atoms with Crippen LogP contribution in [0.2, 0.25) is 0 Å². The molecule has 0 aromatic carbocycles. The molecule has 0 spiro atoms. The van der Waals surface area contributed by atoms with Gasteiger partial charge in [0.05, 0.1) is 0 Å². The second-order valence-corrected chi connectivity index (χ2v) is 3.61. The number of hydrogen-bond donors (Lipinski definition) is 1. The van der Waals surface area contributed by atoms with Gasteiger partial charge >= 0.3 is 0 Å². The first-order chi connectivity index (χ1) is 7.79. The molecular weight excluding hydrogens is 204 g/mol. The lowest BCUT2D eigenvalue weighted by Gasteiger charge is -2.03. The van der Waals surface area contributed by atoms with Crippen LogP contribution < -0.4 is 5.56 Å². The number of nitrogens with zero attached hydrogens (tertiary/aromatic N) is 3. The Bertz CT molecular complexity index is 501. The summed E-state index contributed by atoms with van der Waals surface area (Å²) in [7, 11) is 0. The third-order valence-electron chi connectivity index (χ3n) is 2.29. The van der Waals surface area contributed by atoms with Crippen molar-refractivity contribution in [2.24, 2.45) is 0 Å². The molecule has 0 aliphatic heterocycles. The Labute approximate surface area is 93.2 Å². The molecule has 16 heavy (non-hydrogen) atoms. The van der Waals surface area contributed by atoms with Crippen molar-refractivity contribution in [1.82, 2.24) is 19.7 Å². The van der Waals surface area contributed by atoms with Gasteiger partial charge in [-0.25, -0.2) is 9.67 Å². The van der Waals surface area contributed by atoms with E-state index in [4.69, 9.17) is 0 Å². The van der Waals surface area contributed by atoms with Crippen molar-refractivity contribution in [3.8, 4) is 5.95 Å². The molecule has 5 heteroatoms. The fourth-order valence-corrected chi connectivity index (χ4v) is 1.48. The SMILES string of the molecule is CCCCc1cc(=O)[nH]c(-n2cccn2)n1. The molecular formula is C11H14N4O. The molecule has 0 aliphatic carbocycles. The van der Waals surface area contributed by atoms with Crippen molar-refractivity contribution >= 4 is 0 Å². The third kappa shape index (κ3) is 2.36. The topological polar surface area (TPSA) is 63.6 Å². The maximum Gasteiger partial charge on any atom is 0.252 e. The summed E-state index contributed by atoms with van der Waals surface area (Å²) in [5.74, 6) is 0.476. The number of hydrogen-bond acceptors (Lipinski definition) is 3. The first kappa shape index (κ1) is 10.6. The molecule has 0 bridgehead atoms.